The topological polar surface area (TPSA) is 26.8 Å². The highest BCUT2D eigenvalue weighted by molar-refractivity contribution is 5.78. The maximum Gasteiger partial charge on any atom is 0.222 e. The zero-order valence-corrected chi connectivity index (χ0v) is 15.3. The van der Waals surface area contributed by atoms with Crippen LogP contribution in [-0.2, 0) is 11.3 Å². The largest absolute Gasteiger partial charge is 0.341 e. The SMILES string of the molecule is O=C1CCCN1CCN1CCC[C@H]1[C@@H]1CCCN1Cc1ccccc1. The molecule has 3 saturated heterocycles. The van der Waals surface area contributed by atoms with Crippen LogP contribution >= 0.6 is 0 Å². The van der Waals surface area contributed by atoms with E-state index in [4.69, 9.17) is 0 Å². The second-order valence-electron chi connectivity index (χ2n) is 7.90. The van der Waals surface area contributed by atoms with Gasteiger partial charge in [-0.05, 0) is 50.8 Å². The number of amides is 1. The number of carbonyl (C=O) groups excluding carboxylic acids is 1. The zero-order valence-electron chi connectivity index (χ0n) is 15.3. The number of benzene rings is 1. The molecule has 0 aromatic heterocycles. The molecule has 0 radical (unpaired) electrons. The van der Waals surface area contributed by atoms with Crippen molar-refractivity contribution >= 4 is 5.91 Å². The highest BCUT2D eigenvalue weighted by Crippen LogP contribution is 2.31. The summed E-state index contributed by atoms with van der Waals surface area (Å²) >= 11 is 0. The highest BCUT2D eigenvalue weighted by atomic mass is 16.2. The van der Waals surface area contributed by atoms with Crippen LogP contribution in [0.25, 0.3) is 0 Å². The molecule has 1 aromatic carbocycles. The van der Waals surface area contributed by atoms with Crippen molar-refractivity contribution in [2.24, 2.45) is 0 Å². The molecule has 4 heteroatoms. The van der Waals surface area contributed by atoms with Gasteiger partial charge in [-0.3, -0.25) is 14.6 Å². The van der Waals surface area contributed by atoms with Gasteiger partial charge < -0.3 is 4.90 Å². The fraction of sp³-hybridized carbons (Fsp3) is 0.667. The van der Waals surface area contributed by atoms with E-state index in [1.807, 2.05) is 0 Å². The predicted octanol–water partition coefficient (Wildman–Crippen LogP) is 2.74. The molecule has 4 nitrogen and oxygen atoms in total. The van der Waals surface area contributed by atoms with E-state index in [1.54, 1.807) is 0 Å². The maximum absolute atomic E-state index is 11.9. The molecule has 25 heavy (non-hydrogen) atoms. The van der Waals surface area contributed by atoms with Gasteiger partial charge in [0.2, 0.25) is 5.91 Å². The summed E-state index contributed by atoms with van der Waals surface area (Å²) in [7, 11) is 0. The Balaban J connectivity index is 1.36. The maximum atomic E-state index is 11.9. The molecular formula is C21H31N3O. The molecule has 4 rings (SSSR count). The number of hydrogen-bond donors (Lipinski definition) is 0. The lowest BCUT2D eigenvalue weighted by Crippen LogP contribution is -2.47. The summed E-state index contributed by atoms with van der Waals surface area (Å²) in [5, 5.41) is 0. The van der Waals surface area contributed by atoms with Crippen molar-refractivity contribution < 1.29 is 4.79 Å². The second kappa shape index (κ2) is 7.88. The fourth-order valence-electron chi connectivity index (χ4n) is 5.06. The highest BCUT2D eigenvalue weighted by Gasteiger charge is 2.37. The molecular weight excluding hydrogens is 310 g/mol. The van der Waals surface area contributed by atoms with Crippen molar-refractivity contribution in [3.05, 3.63) is 35.9 Å². The van der Waals surface area contributed by atoms with Gasteiger partial charge in [0, 0.05) is 44.7 Å². The van der Waals surface area contributed by atoms with Crippen LogP contribution in [0.3, 0.4) is 0 Å². The van der Waals surface area contributed by atoms with Crippen molar-refractivity contribution in [2.75, 3.05) is 32.7 Å². The lowest BCUT2D eigenvalue weighted by atomic mass is 10.0. The zero-order chi connectivity index (χ0) is 17.1. The minimum atomic E-state index is 0.363. The van der Waals surface area contributed by atoms with Gasteiger partial charge >= 0.3 is 0 Å². The smallest absolute Gasteiger partial charge is 0.222 e. The van der Waals surface area contributed by atoms with Gasteiger partial charge in [-0.2, -0.15) is 0 Å². The Morgan fingerprint density at radius 3 is 2.28 bits per heavy atom. The van der Waals surface area contributed by atoms with Crippen molar-refractivity contribution in [3.8, 4) is 0 Å². The van der Waals surface area contributed by atoms with Crippen molar-refractivity contribution in [1.29, 1.82) is 0 Å². The van der Waals surface area contributed by atoms with E-state index >= 15 is 0 Å². The Hall–Kier alpha value is -1.39. The molecule has 3 fully saturated rings. The molecule has 3 aliphatic heterocycles. The third kappa shape index (κ3) is 3.90. The van der Waals surface area contributed by atoms with Gasteiger partial charge in [0.1, 0.15) is 0 Å². The molecule has 3 heterocycles. The monoisotopic (exact) mass is 341 g/mol. The van der Waals surface area contributed by atoms with Crippen LogP contribution in [-0.4, -0.2) is 65.4 Å². The summed E-state index contributed by atoms with van der Waals surface area (Å²) in [6.07, 6.45) is 7.11. The molecule has 0 unspecified atom stereocenters. The van der Waals surface area contributed by atoms with Crippen LogP contribution in [0.15, 0.2) is 30.3 Å². The Bertz CT molecular complexity index is 576. The van der Waals surface area contributed by atoms with E-state index in [0.717, 1.165) is 39.0 Å². The number of likely N-dealkylation sites (tertiary alicyclic amines) is 3. The number of nitrogens with zero attached hydrogens (tertiary/aromatic N) is 3. The molecule has 1 amide bonds. The lowest BCUT2D eigenvalue weighted by Gasteiger charge is -2.35. The quantitative estimate of drug-likeness (QED) is 0.796. The molecule has 0 saturated carbocycles. The molecule has 1 aromatic rings. The van der Waals surface area contributed by atoms with Crippen LogP contribution in [0.5, 0.6) is 0 Å². The van der Waals surface area contributed by atoms with Crippen LogP contribution in [0, 0.1) is 0 Å². The molecule has 136 valence electrons. The third-order valence-corrected chi connectivity index (χ3v) is 6.33. The minimum Gasteiger partial charge on any atom is -0.341 e. The van der Waals surface area contributed by atoms with Crippen LogP contribution in [0.4, 0.5) is 0 Å². The van der Waals surface area contributed by atoms with Crippen LogP contribution in [0.1, 0.15) is 44.1 Å². The first-order chi connectivity index (χ1) is 12.3. The van der Waals surface area contributed by atoms with Gasteiger partial charge in [-0.25, -0.2) is 0 Å². The summed E-state index contributed by atoms with van der Waals surface area (Å²) in [5.74, 6) is 0.363. The minimum absolute atomic E-state index is 0.363. The summed E-state index contributed by atoms with van der Waals surface area (Å²) in [5.41, 5.74) is 1.43. The van der Waals surface area contributed by atoms with Crippen molar-refractivity contribution in [2.45, 2.75) is 57.2 Å². The normalized spacial score (nSPS) is 28.3. The van der Waals surface area contributed by atoms with E-state index < -0.39 is 0 Å². The van der Waals surface area contributed by atoms with Gasteiger partial charge in [0.15, 0.2) is 0 Å². The first-order valence-corrected chi connectivity index (χ1v) is 10.1. The van der Waals surface area contributed by atoms with E-state index in [-0.39, 0.29) is 0 Å². The van der Waals surface area contributed by atoms with Gasteiger partial charge in [-0.15, -0.1) is 0 Å². The molecule has 0 bridgehead atoms. The molecule has 2 atom stereocenters. The van der Waals surface area contributed by atoms with Crippen LogP contribution in [0.2, 0.25) is 0 Å². The van der Waals surface area contributed by atoms with E-state index in [9.17, 15) is 4.79 Å². The predicted molar refractivity (Wildman–Crippen MR) is 100 cm³/mol. The summed E-state index contributed by atoms with van der Waals surface area (Å²) in [6, 6.07) is 12.3. The molecule has 0 spiro atoms. The van der Waals surface area contributed by atoms with E-state index in [2.05, 4.69) is 45.0 Å². The Labute approximate surface area is 151 Å². The third-order valence-electron chi connectivity index (χ3n) is 6.33. The first-order valence-electron chi connectivity index (χ1n) is 10.1. The molecule has 0 N–H and O–H groups in total. The lowest BCUT2D eigenvalue weighted by molar-refractivity contribution is -0.127. The average Bonchev–Trinajstić information content (AvgIpc) is 3.35. The average molecular weight is 341 g/mol. The van der Waals surface area contributed by atoms with Crippen molar-refractivity contribution in [1.82, 2.24) is 14.7 Å². The van der Waals surface area contributed by atoms with E-state index in [1.165, 1.54) is 44.3 Å². The molecule has 3 aliphatic rings. The first kappa shape index (κ1) is 17.0. The Morgan fingerprint density at radius 2 is 1.56 bits per heavy atom. The summed E-state index contributed by atoms with van der Waals surface area (Å²) in [4.78, 5) is 19.3. The van der Waals surface area contributed by atoms with Gasteiger partial charge in [0.25, 0.3) is 0 Å². The molecule has 0 aliphatic carbocycles. The van der Waals surface area contributed by atoms with Gasteiger partial charge in [-0.1, -0.05) is 30.3 Å². The van der Waals surface area contributed by atoms with Crippen molar-refractivity contribution in [3.63, 3.8) is 0 Å². The van der Waals surface area contributed by atoms with Crippen LogP contribution < -0.4 is 0 Å². The second-order valence-corrected chi connectivity index (χ2v) is 7.90. The Kier molecular flexibility index (Phi) is 5.37. The summed E-state index contributed by atoms with van der Waals surface area (Å²) in [6.45, 7) is 6.49. The fourth-order valence-corrected chi connectivity index (χ4v) is 5.06. The standard InChI is InChI=1S/C21H31N3O/c25-21-11-6-13-23(21)16-15-22-12-4-9-19(22)20-10-5-14-24(20)17-18-7-2-1-3-8-18/h1-3,7-8,19-20H,4-6,9-17H2/t19-,20-/m0/s1. The van der Waals surface area contributed by atoms with Gasteiger partial charge in [0.05, 0.1) is 0 Å². The number of carbonyl (C=O) groups is 1. The number of hydrogen-bond acceptors (Lipinski definition) is 3. The Morgan fingerprint density at radius 1 is 0.840 bits per heavy atom. The number of rotatable bonds is 6. The van der Waals surface area contributed by atoms with E-state index in [0.29, 0.717) is 18.0 Å². The summed E-state index contributed by atoms with van der Waals surface area (Å²) < 4.78 is 0.